The summed E-state index contributed by atoms with van der Waals surface area (Å²) >= 11 is 0. The van der Waals surface area contributed by atoms with Gasteiger partial charge >= 0.3 is 11.7 Å². The molecule has 1 aliphatic heterocycles. The second kappa shape index (κ2) is 6.12. The van der Waals surface area contributed by atoms with Crippen LogP contribution in [0.2, 0.25) is 0 Å². The molecule has 0 aliphatic carbocycles. The van der Waals surface area contributed by atoms with Gasteiger partial charge in [0.2, 0.25) is 5.91 Å². The minimum Gasteiger partial charge on any atom is -0.479 e. The van der Waals surface area contributed by atoms with Crippen molar-refractivity contribution in [1.29, 1.82) is 0 Å². The number of carboxylic acids is 1. The predicted molar refractivity (Wildman–Crippen MR) is 85.8 cm³/mol. The number of fused-ring (bicyclic) bond motifs is 1. The van der Waals surface area contributed by atoms with Crippen molar-refractivity contribution in [3.63, 3.8) is 0 Å². The van der Waals surface area contributed by atoms with Crippen molar-refractivity contribution >= 4 is 22.9 Å². The number of nitrogens with zero attached hydrogens (tertiary/aromatic N) is 2. The number of hydrogen-bond donors (Lipinski definition) is 2. The summed E-state index contributed by atoms with van der Waals surface area (Å²) in [6.45, 7) is 2.32. The second-order valence-electron chi connectivity index (χ2n) is 5.84. The predicted octanol–water partition coefficient (Wildman–Crippen LogP) is 0.183. The lowest BCUT2D eigenvalue weighted by molar-refractivity contribution is -0.147. The third kappa shape index (κ3) is 2.58. The first-order valence-electron chi connectivity index (χ1n) is 7.79. The lowest BCUT2D eigenvalue weighted by atomic mass is 9.99. The number of aliphatic carboxylic acids is 1. The number of carbonyl (C=O) groups is 2. The average molecular weight is 333 g/mol. The largest absolute Gasteiger partial charge is 0.479 e. The number of carbonyl (C=O) groups excluding carboxylic acids is 1. The van der Waals surface area contributed by atoms with Gasteiger partial charge in [0.15, 0.2) is 5.54 Å². The van der Waals surface area contributed by atoms with Gasteiger partial charge in [-0.05, 0) is 19.1 Å². The molecule has 1 aromatic carbocycles. The molecular weight excluding hydrogens is 314 g/mol. The molecule has 8 nitrogen and oxygen atoms in total. The van der Waals surface area contributed by atoms with Gasteiger partial charge in [0.25, 0.3) is 0 Å². The summed E-state index contributed by atoms with van der Waals surface area (Å²) in [4.78, 5) is 36.4. The number of hydrogen-bond acceptors (Lipinski definition) is 4. The number of amides is 1. The van der Waals surface area contributed by atoms with E-state index in [9.17, 15) is 19.5 Å². The SMILES string of the molecule is CCn1c(=O)n(CC(=O)NC2(C(=O)O)CCOC2)c2ccccc21. The van der Waals surface area contributed by atoms with Gasteiger partial charge in [-0.2, -0.15) is 0 Å². The summed E-state index contributed by atoms with van der Waals surface area (Å²) in [5, 5.41) is 11.9. The molecule has 1 aliphatic rings. The standard InChI is InChI=1S/C16H19N3O5/c1-2-18-11-5-3-4-6-12(11)19(15(18)23)9-13(20)17-16(14(21)22)7-8-24-10-16/h3-6H,2,7-10H2,1H3,(H,17,20)(H,21,22). The molecule has 0 radical (unpaired) electrons. The molecule has 0 spiro atoms. The van der Waals surface area contributed by atoms with Crippen LogP contribution in [0.15, 0.2) is 29.1 Å². The highest BCUT2D eigenvalue weighted by Crippen LogP contribution is 2.19. The molecule has 2 N–H and O–H groups in total. The minimum absolute atomic E-state index is 0.0698. The van der Waals surface area contributed by atoms with Crippen molar-refractivity contribution in [2.45, 2.75) is 32.0 Å². The van der Waals surface area contributed by atoms with Gasteiger partial charge in [-0.15, -0.1) is 0 Å². The van der Waals surface area contributed by atoms with Crippen LogP contribution in [0.5, 0.6) is 0 Å². The first-order chi connectivity index (χ1) is 11.5. The van der Waals surface area contributed by atoms with E-state index in [1.165, 1.54) is 4.57 Å². The highest BCUT2D eigenvalue weighted by Gasteiger charge is 2.44. The Morgan fingerprint density at radius 2 is 1.96 bits per heavy atom. The normalized spacial score (nSPS) is 20.4. The Hall–Kier alpha value is -2.61. The summed E-state index contributed by atoms with van der Waals surface area (Å²) in [7, 11) is 0. The maximum absolute atomic E-state index is 12.5. The van der Waals surface area contributed by atoms with Gasteiger partial charge < -0.3 is 15.2 Å². The van der Waals surface area contributed by atoms with Crippen molar-refractivity contribution in [1.82, 2.24) is 14.5 Å². The lowest BCUT2D eigenvalue weighted by Crippen LogP contribution is -2.56. The number of benzene rings is 1. The van der Waals surface area contributed by atoms with Gasteiger partial charge in [-0.25, -0.2) is 9.59 Å². The molecule has 1 saturated heterocycles. The summed E-state index contributed by atoms with van der Waals surface area (Å²) in [5.74, 6) is -1.65. The molecule has 24 heavy (non-hydrogen) atoms. The van der Waals surface area contributed by atoms with Crippen LogP contribution in [-0.4, -0.2) is 44.9 Å². The van der Waals surface area contributed by atoms with Gasteiger partial charge in [0, 0.05) is 19.6 Å². The molecular formula is C16H19N3O5. The summed E-state index contributed by atoms with van der Waals surface area (Å²) in [6, 6.07) is 7.20. The van der Waals surface area contributed by atoms with Crippen LogP contribution < -0.4 is 11.0 Å². The van der Waals surface area contributed by atoms with E-state index in [2.05, 4.69) is 5.32 Å². The van der Waals surface area contributed by atoms with Crippen molar-refractivity contribution < 1.29 is 19.4 Å². The maximum Gasteiger partial charge on any atom is 0.331 e. The van der Waals surface area contributed by atoms with Gasteiger partial charge in [-0.1, -0.05) is 12.1 Å². The first-order valence-corrected chi connectivity index (χ1v) is 7.79. The van der Waals surface area contributed by atoms with Crippen molar-refractivity contribution in [2.24, 2.45) is 0 Å². The molecule has 1 amide bonds. The third-order valence-corrected chi connectivity index (χ3v) is 4.35. The molecule has 1 atom stereocenters. The van der Waals surface area contributed by atoms with Crippen molar-refractivity contribution in [3.05, 3.63) is 34.7 Å². The molecule has 2 aromatic rings. The van der Waals surface area contributed by atoms with E-state index in [0.29, 0.717) is 12.1 Å². The van der Waals surface area contributed by atoms with Crippen LogP contribution in [0.3, 0.4) is 0 Å². The van der Waals surface area contributed by atoms with Gasteiger partial charge in [-0.3, -0.25) is 13.9 Å². The third-order valence-electron chi connectivity index (χ3n) is 4.35. The summed E-state index contributed by atoms with van der Waals surface area (Å²) in [5.41, 5.74) is -0.313. The number of aryl methyl sites for hydroxylation is 1. The number of para-hydroxylation sites is 2. The number of ether oxygens (including phenoxy) is 1. The van der Waals surface area contributed by atoms with Crippen LogP contribution in [0.4, 0.5) is 0 Å². The van der Waals surface area contributed by atoms with Crippen molar-refractivity contribution in [3.8, 4) is 0 Å². The Labute approximate surface area is 137 Å². The first kappa shape index (κ1) is 16.3. The fraction of sp³-hybridized carbons (Fsp3) is 0.438. The number of carboxylic acid groups (broad SMARTS) is 1. The Balaban J connectivity index is 1.90. The maximum atomic E-state index is 12.5. The highest BCUT2D eigenvalue weighted by atomic mass is 16.5. The summed E-state index contributed by atoms with van der Waals surface area (Å²) in [6.07, 6.45) is 0.208. The Kier molecular flexibility index (Phi) is 4.15. The molecule has 0 saturated carbocycles. The molecule has 3 rings (SSSR count). The Bertz CT molecular complexity index is 845. The minimum atomic E-state index is -1.41. The smallest absolute Gasteiger partial charge is 0.331 e. The zero-order valence-electron chi connectivity index (χ0n) is 13.3. The topological polar surface area (TPSA) is 103 Å². The van der Waals surface area contributed by atoms with E-state index >= 15 is 0 Å². The molecule has 128 valence electrons. The fourth-order valence-electron chi connectivity index (χ4n) is 3.07. The van der Waals surface area contributed by atoms with Crippen LogP contribution in [-0.2, 0) is 27.4 Å². The van der Waals surface area contributed by atoms with Crippen molar-refractivity contribution in [2.75, 3.05) is 13.2 Å². The number of imidazole rings is 1. The molecule has 1 fully saturated rings. The van der Waals surface area contributed by atoms with E-state index in [1.807, 2.05) is 19.1 Å². The number of aromatic nitrogens is 2. The number of nitrogens with one attached hydrogen (secondary N) is 1. The molecule has 8 heteroatoms. The van der Waals surface area contributed by atoms with Gasteiger partial charge in [0.1, 0.15) is 6.54 Å². The molecule has 1 unspecified atom stereocenters. The molecule has 1 aromatic heterocycles. The zero-order chi connectivity index (χ0) is 17.3. The van der Waals surface area contributed by atoms with Gasteiger partial charge in [0.05, 0.1) is 17.6 Å². The highest BCUT2D eigenvalue weighted by molar-refractivity contribution is 5.88. The zero-order valence-corrected chi connectivity index (χ0v) is 13.3. The van der Waals surface area contributed by atoms with E-state index in [4.69, 9.17) is 4.74 Å². The van der Waals surface area contributed by atoms with E-state index in [0.717, 1.165) is 5.52 Å². The fourth-order valence-corrected chi connectivity index (χ4v) is 3.07. The quantitative estimate of drug-likeness (QED) is 0.813. The second-order valence-corrected chi connectivity index (χ2v) is 5.84. The van der Waals surface area contributed by atoms with Crippen LogP contribution in [0, 0.1) is 0 Å². The Morgan fingerprint density at radius 1 is 1.29 bits per heavy atom. The summed E-state index contributed by atoms with van der Waals surface area (Å²) < 4.78 is 8.06. The monoisotopic (exact) mass is 333 g/mol. The molecule has 2 heterocycles. The van der Waals surface area contributed by atoms with Crippen LogP contribution in [0.25, 0.3) is 11.0 Å². The lowest BCUT2D eigenvalue weighted by Gasteiger charge is -2.23. The van der Waals surface area contributed by atoms with Crippen LogP contribution >= 0.6 is 0 Å². The van der Waals surface area contributed by atoms with Crippen LogP contribution in [0.1, 0.15) is 13.3 Å². The average Bonchev–Trinajstić information content (AvgIpc) is 3.12. The molecule has 0 bridgehead atoms. The van der Waals surface area contributed by atoms with E-state index in [-0.39, 0.29) is 31.9 Å². The van der Waals surface area contributed by atoms with E-state index in [1.54, 1.807) is 16.7 Å². The Morgan fingerprint density at radius 3 is 2.50 bits per heavy atom. The number of rotatable bonds is 5. The van der Waals surface area contributed by atoms with E-state index < -0.39 is 17.4 Å².